The van der Waals surface area contributed by atoms with Gasteiger partial charge in [0.15, 0.2) is 0 Å². The molecule has 0 aliphatic heterocycles. The zero-order chi connectivity index (χ0) is 12.3. The molecule has 0 radical (unpaired) electrons. The third kappa shape index (κ3) is 2.57. The van der Waals surface area contributed by atoms with Crippen LogP contribution in [0.3, 0.4) is 0 Å². The van der Waals surface area contributed by atoms with Gasteiger partial charge in [-0.1, -0.05) is 12.1 Å². The molecule has 1 N–H and O–H groups in total. The summed E-state index contributed by atoms with van der Waals surface area (Å²) in [5, 5.41) is 6.22. The predicted molar refractivity (Wildman–Crippen MR) is 61.6 cm³/mol. The zero-order valence-electron chi connectivity index (χ0n) is 9.14. The third-order valence-corrected chi connectivity index (χ3v) is 2.10. The number of H-pyrrole nitrogens is 1. The highest BCUT2D eigenvalue weighted by atomic mass is 16.5. The fourth-order valence-corrected chi connectivity index (χ4v) is 1.42. The average Bonchev–Trinajstić information content (AvgIpc) is 2.30. The zero-order valence-corrected chi connectivity index (χ0v) is 9.14. The van der Waals surface area contributed by atoms with Gasteiger partial charge in [-0.3, -0.25) is 9.59 Å². The molecule has 2 rings (SSSR count). The number of rotatable bonds is 2. The second-order valence-electron chi connectivity index (χ2n) is 3.40. The molecule has 0 fully saturated rings. The summed E-state index contributed by atoms with van der Waals surface area (Å²) >= 11 is 0. The van der Waals surface area contributed by atoms with Crippen LogP contribution in [0.1, 0.15) is 6.92 Å². The Morgan fingerprint density at radius 2 is 2.00 bits per heavy atom. The lowest BCUT2D eigenvalue weighted by Gasteiger charge is -2.07. The summed E-state index contributed by atoms with van der Waals surface area (Å²) < 4.78 is 5.06. The van der Waals surface area contributed by atoms with Crippen molar-refractivity contribution in [3.05, 3.63) is 46.8 Å². The van der Waals surface area contributed by atoms with Crippen LogP contribution in [0.15, 0.2) is 41.2 Å². The predicted octanol–water partition coefficient (Wildman–Crippen LogP) is 1.36. The molecular weight excluding hydrogens is 220 g/mol. The number of para-hydroxylation sites is 1. The van der Waals surface area contributed by atoms with Gasteiger partial charge >= 0.3 is 5.97 Å². The fraction of sp³-hybridized carbons (Fsp3) is 0.0833. The Labute approximate surface area is 97.1 Å². The monoisotopic (exact) mass is 230 g/mol. The SMILES string of the molecule is CC(=O)Oc1ccccc1-c1ccc(=O)[nH]n1. The Balaban J connectivity index is 2.47. The molecule has 17 heavy (non-hydrogen) atoms. The van der Waals surface area contributed by atoms with E-state index in [4.69, 9.17) is 4.74 Å². The van der Waals surface area contributed by atoms with Gasteiger partial charge in [-0.15, -0.1) is 0 Å². The van der Waals surface area contributed by atoms with Gasteiger partial charge in [0.05, 0.1) is 5.69 Å². The molecule has 5 heteroatoms. The molecular formula is C12H10N2O3. The molecule has 5 nitrogen and oxygen atoms in total. The molecule has 1 aromatic heterocycles. The van der Waals surface area contributed by atoms with Crippen LogP contribution in [0.5, 0.6) is 5.75 Å². The van der Waals surface area contributed by atoms with E-state index in [0.717, 1.165) is 0 Å². The van der Waals surface area contributed by atoms with Gasteiger partial charge in [0.1, 0.15) is 5.75 Å². The van der Waals surface area contributed by atoms with E-state index in [1.165, 1.54) is 13.0 Å². The third-order valence-electron chi connectivity index (χ3n) is 2.10. The average molecular weight is 230 g/mol. The van der Waals surface area contributed by atoms with Crippen LogP contribution in [0.25, 0.3) is 11.3 Å². The maximum absolute atomic E-state index is 11.0. The van der Waals surface area contributed by atoms with E-state index in [1.54, 1.807) is 30.3 Å². The summed E-state index contributed by atoms with van der Waals surface area (Å²) in [6.07, 6.45) is 0. The number of carbonyl (C=O) groups is 1. The lowest BCUT2D eigenvalue weighted by Crippen LogP contribution is -2.07. The highest BCUT2D eigenvalue weighted by Gasteiger charge is 2.08. The molecule has 1 heterocycles. The van der Waals surface area contributed by atoms with Gasteiger partial charge in [0, 0.05) is 18.6 Å². The van der Waals surface area contributed by atoms with Gasteiger partial charge in [-0.05, 0) is 18.2 Å². The highest BCUT2D eigenvalue weighted by Crippen LogP contribution is 2.27. The summed E-state index contributed by atoms with van der Waals surface area (Å²) in [5.74, 6) is 0.0152. The van der Waals surface area contributed by atoms with Crippen LogP contribution >= 0.6 is 0 Å². The minimum atomic E-state index is -0.401. The van der Waals surface area contributed by atoms with Crippen molar-refractivity contribution in [2.24, 2.45) is 0 Å². The van der Waals surface area contributed by atoms with E-state index in [2.05, 4.69) is 10.2 Å². The van der Waals surface area contributed by atoms with E-state index < -0.39 is 5.97 Å². The largest absolute Gasteiger partial charge is 0.426 e. The molecule has 2 aromatic rings. The fourth-order valence-electron chi connectivity index (χ4n) is 1.42. The quantitative estimate of drug-likeness (QED) is 0.624. The molecule has 0 atom stereocenters. The Morgan fingerprint density at radius 1 is 1.24 bits per heavy atom. The number of nitrogens with zero attached hydrogens (tertiary/aromatic N) is 1. The topological polar surface area (TPSA) is 72.1 Å². The van der Waals surface area contributed by atoms with E-state index in [9.17, 15) is 9.59 Å². The van der Waals surface area contributed by atoms with Crippen LogP contribution in [0.4, 0.5) is 0 Å². The van der Waals surface area contributed by atoms with Crippen molar-refractivity contribution in [1.82, 2.24) is 10.2 Å². The lowest BCUT2D eigenvalue weighted by molar-refractivity contribution is -0.131. The van der Waals surface area contributed by atoms with Gasteiger partial charge in [0.25, 0.3) is 5.56 Å². The smallest absolute Gasteiger partial charge is 0.308 e. The summed E-state index contributed by atoms with van der Waals surface area (Å²) in [4.78, 5) is 21.9. The van der Waals surface area contributed by atoms with E-state index in [-0.39, 0.29) is 5.56 Å². The molecule has 0 aliphatic rings. The number of ether oxygens (including phenoxy) is 1. The van der Waals surface area contributed by atoms with E-state index in [0.29, 0.717) is 17.0 Å². The molecule has 0 aliphatic carbocycles. The number of aromatic nitrogens is 2. The van der Waals surface area contributed by atoms with Crippen LogP contribution in [0, 0.1) is 0 Å². The Bertz CT molecular complexity index is 584. The molecule has 0 saturated carbocycles. The Kier molecular flexibility index (Phi) is 3.00. The van der Waals surface area contributed by atoms with Crippen molar-refractivity contribution < 1.29 is 9.53 Å². The maximum atomic E-state index is 11.0. The summed E-state index contributed by atoms with van der Waals surface area (Å²) in [5.41, 5.74) is 0.916. The number of nitrogens with one attached hydrogen (secondary N) is 1. The Hall–Kier alpha value is -2.43. The second-order valence-corrected chi connectivity index (χ2v) is 3.40. The van der Waals surface area contributed by atoms with Gasteiger partial charge in [0.2, 0.25) is 0 Å². The molecule has 0 saturated heterocycles. The molecule has 0 unspecified atom stereocenters. The number of carbonyl (C=O) groups excluding carboxylic acids is 1. The van der Waals surface area contributed by atoms with Crippen LogP contribution in [0.2, 0.25) is 0 Å². The summed E-state index contributed by atoms with van der Waals surface area (Å²) in [6.45, 7) is 1.33. The first-order valence-corrected chi connectivity index (χ1v) is 5.00. The highest BCUT2D eigenvalue weighted by molar-refractivity contribution is 5.75. The lowest BCUT2D eigenvalue weighted by atomic mass is 10.1. The minimum absolute atomic E-state index is 0.279. The first-order chi connectivity index (χ1) is 8.16. The van der Waals surface area contributed by atoms with Crippen molar-refractivity contribution in [3.63, 3.8) is 0 Å². The Morgan fingerprint density at radius 3 is 2.65 bits per heavy atom. The number of benzene rings is 1. The molecule has 86 valence electrons. The van der Waals surface area contributed by atoms with Crippen LogP contribution < -0.4 is 10.3 Å². The second kappa shape index (κ2) is 4.61. The molecule has 0 bridgehead atoms. The number of esters is 1. The summed E-state index contributed by atoms with van der Waals surface area (Å²) in [6, 6.07) is 9.93. The van der Waals surface area contributed by atoms with Gasteiger partial charge in [-0.25, -0.2) is 5.10 Å². The van der Waals surface area contributed by atoms with Crippen molar-refractivity contribution in [1.29, 1.82) is 0 Å². The molecule has 0 spiro atoms. The number of aromatic amines is 1. The van der Waals surface area contributed by atoms with Crippen molar-refractivity contribution in [3.8, 4) is 17.0 Å². The van der Waals surface area contributed by atoms with Gasteiger partial charge in [-0.2, -0.15) is 5.10 Å². The van der Waals surface area contributed by atoms with Gasteiger partial charge < -0.3 is 4.74 Å². The van der Waals surface area contributed by atoms with E-state index in [1.807, 2.05) is 0 Å². The van der Waals surface area contributed by atoms with Crippen LogP contribution in [-0.4, -0.2) is 16.2 Å². The number of hydrogen-bond donors (Lipinski definition) is 1. The normalized spacial score (nSPS) is 9.94. The van der Waals surface area contributed by atoms with Crippen molar-refractivity contribution in [2.75, 3.05) is 0 Å². The molecule has 0 amide bonds. The van der Waals surface area contributed by atoms with Crippen molar-refractivity contribution in [2.45, 2.75) is 6.92 Å². The first-order valence-electron chi connectivity index (χ1n) is 5.00. The maximum Gasteiger partial charge on any atom is 0.308 e. The minimum Gasteiger partial charge on any atom is -0.426 e. The van der Waals surface area contributed by atoms with Crippen LogP contribution in [-0.2, 0) is 4.79 Å². The van der Waals surface area contributed by atoms with Crippen molar-refractivity contribution >= 4 is 5.97 Å². The first kappa shape index (κ1) is 11.1. The number of hydrogen-bond acceptors (Lipinski definition) is 4. The summed E-state index contributed by atoms with van der Waals surface area (Å²) in [7, 11) is 0. The molecule has 1 aromatic carbocycles. The standard InChI is InChI=1S/C12H10N2O3/c1-8(15)17-11-5-3-2-4-9(11)10-6-7-12(16)14-13-10/h2-7H,1H3,(H,14,16). The van der Waals surface area contributed by atoms with E-state index >= 15 is 0 Å².